The highest BCUT2D eigenvalue weighted by atomic mass is 16.5. The second-order valence-corrected chi connectivity index (χ2v) is 6.78. The summed E-state index contributed by atoms with van der Waals surface area (Å²) in [6.45, 7) is 8.62. The Morgan fingerprint density at radius 1 is 0.900 bits per heavy atom. The van der Waals surface area contributed by atoms with Gasteiger partial charge in [-0.1, -0.05) is 0 Å². The van der Waals surface area contributed by atoms with E-state index in [1.165, 1.54) is 6.07 Å². The van der Waals surface area contributed by atoms with Crippen LogP contribution in [0.5, 0.6) is 11.5 Å². The van der Waals surface area contributed by atoms with Crippen LogP contribution in [0.3, 0.4) is 0 Å². The normalized spacial score (nSPS) is 10.5. The fourth-order valence-electron chi connectivity index (χ4n) is 3.41. The molecule has 3 aromatic rings. The highest BCUT2D eigenvalue weighted by Gasteiger charge is 2.18. The van der Waals surface area contributed by atoms with Crippen molar-refractivity contribution in [1.82, 2.24) is 4.57 Å². The zero-order valence-electron chi connectivity index (χ0n) is 17.7. The van der Waals surface area contributed by atoms with Crippen molar-refractivity contribution in [1.29, 1.82) is 0 Å². The molecular weight excluding hydrogens is 380 g/mol. The molecule has 0 saturated heterocycles. The second-order valence-electron chi connectivity index (χ2n) is 6.78. The van der Waals surface area contributed by atoms with Crippen LogP contribution in [-0.2, 0) is 0 Å². The van der Waals surface area contributed by atoms with E-state index in [1.54, 1.807) is 31.2 Å². The molecule has 0 unspecified atom stereocenters. The van der Waals surface area contributed by atoms with Crippen molar-refractivity contribution in [2.24, 2.45) is 0 Å². The summed E-state index contributed by atoms with van der Waals surface area (Å²) in [5.74, 6) is 1.05. The number of aryl methyl sites for hydroxylation is 1. The quantitative estimate of drug-likeness (QED) is 0.627. The molecule has 0 radical (unpaired) electrons. The molecule has 3 rings (SSSR count). The predicted molar refractivity (Wildman–Crippen MR) is 118 cm³/mol. The molecule has 0 atom stereocenters. The zero-order valence-corrected chi connectivity index (χ0v) is 17.7. The molecule has 0 spiro atoms. The monoisotopic (exact) mass is 406 g/mol. The maximum atomic E-state index is 12.9. The van der Waals surface area contributed by atoms with E-state index in [9.17, 15) is 9.59 Å². The lowest BCUT2D eigenvalue weighted by Crippen LogP contribution is -2.26. The van der Waals surface area contributed by atoms with Crippen LogP contribution >= 0.6 is 0 Å². The van der Waals surface area contributed by atoms with E-state index >= 15 is 0 Å². The van der Waals surface area contributed by atoms with Gasteiger partial charge in [-0.05, 0) is 76.2 Å². The number of anilines is 1. The number of aromatic nitrogens is 1. The molecule has 0 fully saturated rings. The summed E-state index contributed by atoms with van der Waals surface area (Å²) in [6.07, 6.45) is 0. The molecule has 2 aromatic carbocycles. The van der Waals surface area contributed by atoms with Crippen LogP contribution in [0, 0.1) is 13.8 Å². The van der Waals surface area contributed by atoms with E-state index in [0.29, 0.717) is 24.6 Å². The number of pyridine rings is 1. The first-order valence-corrected chi connectivity index (χ1v) is 9.95. The van der Waals surface area contributed by atoms with E-state index in [4.69, 9.17) is 9.47 Å². The largest absolute Gasteiger partial charge is 0.494 e. The van der Waals surface area contributed by atoms with Crippen molar-refractivity contribution >= 4 is 11.6 Å². The smallest absolute Gasteiger partial charge is 0.261 e. The maximum absolute atomic E-state index is 12.9. The van der Waals surface area contributed by atoms with Crippen LogP contribution in [0.25, 0.3) is 5.69 Å². The summed E-state index contributed by atoms with van der Waals surface area (Å²) >= 11 is 0. The third-order valence-corrected chi connectivity index (χ3v) is 4.69. The minimum atomic E-state index is -0.443. The van der Waals surface area contributed by atoms with Gasteiger partial charge < -0.3 is 19.4 Å². The Balaban J connectivity index is 1.94. The number of hydrogen-bond donors (Lipinski definition) is 1. The van der Waals surface area contributed by atoms with Gasteiger partial charge in [0.05, 0.1) is 13.2 Å². The van der Waals surface area contributed by atoms with E-state index in [0.717, 1.165) is 22.9 Å². The third kappa shape index (κ3) is 4.54. The summed E-state index contributed by atoms with van der Waals surface area (Å²) < 4.78 is 12.8. The van der Waals surface area contributed by atoms with Gasteiger partial charge in [-0.15, -0.1) is 0 Å². The number of ether oxygens (including phenoxy) is 2. The van der Waals surface area contributed by atoms with Crippen LogP contribution in [0.2, 0.25) is 0 Å². The van der Waals surface area contributed by atoms with Crippen molar-refractivity contribution in [3.05, 3.63) is 81.8 Å². The molecule has 6 nitrogen and oxygen atoms in total. The Bertz CT molecular complexity index is 1080. The molecule has 1 heterocycles. The van der Waals surface area contributed by atoms with Gasteiger partial charge in [0.25, 0.3) is 5.91 Å². The fraction of sp³-hybridized carbons (Fsp3) is 0.250. The van der Waals surface area contributed by atoms with Gasteiger partial charge in [-0.2, -0.15) is 0 Å². The first-order chi connectivity index (χ1) is 14.4. The SMILES string of the molecule is CCOc1ccc(NC(=O)c2c(C)n(-c3ccc(OCC)cc3)c(C)cc2=O)cc1. The van der Waals surface area contributed by atoms with Gasteiger partial charge in [0, 0.05) is 28.8 Å². The van der Waals surface area contributed by atoms with Crippen LogP contribution in [0.1, 0.15) is 35.6 Å². The Morgan fingerprint density at radius 3 is 1.97 bits per heavy atom. The number of carbonyl (C=O) groups is 1. The third-order valence-electron chi connectivity index (χ3n) is 4.69. The molecule has 1 amide bonds. The molecule has 1 N–H and O–H groups in total. The van der Waals surface area contributed by atoms with Crippen LogP contribution in [0.15, 0.2) is 59.4 Å². The molecular formula is C24H26N2O4. The Labute approximate surface area is 176 Å². The highest BCUT2D eigenvalue weighted by molar-refractivity contribution is 6.05. The molecule has 1 aromatic heterocycles. The summed E-state index contributed by atoms with van der Waals surface area (Å²) in [4.78, 5) is 25.6. The molecule has 0 bridgehead atoms. The lowest BCUT2D eigenvalue weighted by atomic mass is 10.1. The maximum Gasteiger partial charge on any atom is 0.261 e. The first-order valence-electron chi connectivity index (χ1n) is 9.95. The van der Waals surface area contributed by atoms with Crippen molar-refractivity contribution in [2.45, 2.75) is 27.7 Å². The summed E-state index contributed by atoms with van der Waals surface area (Å²) in [5, 5.41) is 2.81. The van der Waals surface area contributed by atoms with Crippen LogP contribution < -0.4 is 20.2 Å². The van der Waals surface area contributed by atoms with Gasteiger partial charge in [-0.3, -0.25) is 9.59 Å². The zero-order chi connectivity index (χ0) is 21.7. The Hall–Kier alpha value is -3.54. The van der Waals surface area contributed by atoms with Crippen molar-refractivity contribution in [3.63, 3.8) is 0 Å². The molecule has 0 aliphatic heterocycles. The second kappa shape index (κ2) is 9.31. The van der Waals surface area contributed by atoms with E-state index in [1.807, 2.05) is 49.6 Å². The van der Waals surface area contributed by atoms with Crippen molar-refractivity contribution in [3.8, 4) is 17.2 Å². The van der Waals surface area contributed by atoms with Gasteiger partial charge >= 0.3 is 0 Å². The van der Waals surface area contributed by atoms with Gasteiger partial charge in [0.15, 0.2) is 5.43 Å². The van der Waals surface area contributed by atoms with E-state index in [2.05, 4.69) is 5.32 Å². The number of hydrogen-bond acceptors (Lipinski definition) is 4. The summed E-state index contributed by atoms with van der Waals surface area (Å²) in [5.41, 5.74) is 2.57. The fourth-order valence-corrected chi connectivity index (χ4v) is 3.41. The number of amides is 1. The van der Waals surface area contributed by atoms with Crippen LogP contribution in [-0.4, -0.2) is 23.7 Å². The summed E-state index contributed by atoms with van der Waals surface area (Å²) in [6, 6.07) is 16.1. The van der Waals surface area contributed by atoms with Gasteiger partial charge in [0.2, 0.25) is 0 Å². The molecule has 0 aliphatic carbocycles. The number of benzene rings is 2. The summed E-state index contributed by atoms with van der Waals surface area (Å²) in [7, 11) is 0. The number of nitrogens with one attached hydrogen (secondary N) is 1. The number of nitrogens with zero attached hydrogens (tertiary/aromatic N) is 1. The average Bonchev–Trinajstić information content (AvgIpc) is 2.71. The first kappa shape index (κ1) is 21.2. The predicted octanol–water partition coefficient (Wildman–Crippen LogP) is 4.50. The van der Waals surface area contributed by atoms with Crippen molar-refractivity contribution in [2.75, 3.05) is 18.5 Å². The van der Waals surface area contributed by atoms with E-state index in [-0.39, 0.29) is 11.0 Å². The number of rotatable bonds is 7. The molecule has 0 saturated carbocycles. The molecule has 0 aliphatic rings. The van der Waals surface area contributed by atoms with Gasteiger partial charge in [0.1, 0.15) is 17.1 Å². The highest BCUT2D eigenvalue weighted by Crippen LogP contribution is 2.21. The lowest BCUT2D eigenvalue weighted by Gasteiger charge is -2.18. The minimum absolute atomic E-state index is 0.114. The number of carbonyl (C=O) groups excluding carboxylic acids is 1. The molecule has 156 valence electrons. The lowest BCUT2D eigenvalue weighted by molar-refractivity contribution is 0.102. The molecule has 6 heteroatoms. The van der Waals surface area contributed by atoms with Crippen LogP contribution in [0.4, 0.5) is 5.69 Å². The standard InChI is InChI=1S/C24H26N2O4/c1-5-29-20-11-7-18(8-12-20)25-24(28)23-17(4)26(16(3)15-22(23)27)19-9-13-21(14-10-19)30-6-2/h7-15H,5-6H2,1-4H3,(H,25,28). The molecule has 30 heavy (non-hydrogen) atoms. The topological polar surface area (TPSA) is 69.6 Å². The Kier molecular flexibility index (Phi) is 6.57. The van der Waals surface area contributed by atoms with Crippen molar-refractivity contribution < 1.29 is 14.3 Å². The van der Waals surface area contributed by atoms with Gasteiger partial charge in [-0.25, -0.2) is 0 Å². The Morgan fingerprint density at radius 2 is 1.43 bits per heavy atom. The average molecular weight is 406 g/mol. The van der Waals surface area contributed by atoms with E-state index < -0.39 is 5.91 Å². The minimum Gasteiger partial charge on any atom is -0.494 e.